The number of carbonyl (C=O) groups is 1. The molecular formula is C17H17N5O2. The highest BCUT2D eigenvalue weighted by Crippen LogP contribution is 2.07. The zero-order chi connectivity index (χ0) is 16.9. The molecule has 1 aromatic carbocycles. The average Bonchev–Trinajstić information content (AvgIpc) is 3.02. The van der Waals surface area contributed by atoms with Crippen molar-refractivity contribution >= 4 is 5.91 Å². The number of hydrogen-bond donors (Lipinski definition) is 1. The quantitative estimate of drug-likeness (QED) is 0.767. The number of aromatic amines is 1. The summed E-state index contributed by atoms with van der Waals surface area (Å²) in [7, 11) is 1.68. The van der Waals surface area contributed by atoms with Crippen LogP contribution in [0.2, 0.25) is 0 Å². The molecule has 122 valence electrons. The first-order valence-corrected chi connectivity index (χ1v) is 7.48. The van der Waals surface area contributed by atoms with Gasteiger partial charge in [-0.2, -0.15) is 10.2 Å². The van der Waals surface area contributed by atoms with Gasteiger partial charge in [-0.3, -0.25) is 14.3 Å². The number of nitrogens with one attached hydrogen (secondary N) is 1. The van der Waals surface area contributed by atoms with Crippen molar-refractivity contribution in [2.24, 2.45) is 0 Å². The van der Waals surface area contributed by atoms with Crippen LogP contribution in [0.1, 0.15) is 21.6 Å². The standard InChI is InChI=1S/C17H17N5O2/c1-21(17(24)15-7-8-16(23)20-19-15)10-14-9-18-22(12-14)11-13-5-3-2-4-6-13/h2-9,12H,10-11H2,1H3,(H,20,23). The largest absolute Gasteiger partial charge is 0.336 e. The second kappa shape index (κ2) is 6.91. The lowest BCUT2D eigenvalue weighted by molar-refractivity contribution is 0.0778. The van der Waals surface area contributed by atoms with E-state index in [9.17, 15) is 9.59 Å². The molecule has 0 saturated heterocycles. The zero-order valence-electron chi connectivity index (χ0n) is 13.2. The Balaban J connectivity index is 1.64. The molecule has 2 aromatic heterocycles. The topological polar surface area (TPSA) is 83.9 Å². The Hall–Kier alpha value is -3.22. The first-order valence-electron chi connectivity index (χ1n) is 7.48. The van der Waals surface area contributed by atoms with Gasteiger partial charge in [0.05, 0.1) is 12.7 Å². The van der Waals surface area contributed by atoms with Crippen LogP contribution in [0.15, 0.2) is 59.7 Å². The summed E-state index contributed by atoms with van der Waals surface area (Å²) in [4.78, 5) is 24.8. The van der Waals surface area contributed by atoms with Crippen molar-refractivity contribution in [3.05, 3.63) is 82.0 Å². The maximum Gasteiger partial charge on any atom is 0.274 e. The molecule has 0 spiro atoms. The van der Waals surface area contributed by atoms with Crippen molar-refractivity contribution in [3.8, 4) is 0 Å². The van der Waals surface area contributed by atoms with Crippen LogP contribution in [0.25, 0.3) is 0 Å². The molecule has 1 amide bonds. The minimum Gasteiger partial charge on any atom is -0.336 e. The number of amides is 1. The maximum atomic E-state index is 12.3. The monoisotopic (exact) mass is 323 g/mol. The Morgan fingerprint density at radius 3 is 2.67 bits per heavy atom. The van der Waals surface area contributed by atoms with Crippen LogP contribution < -0.4 is 5.56 Å². The van der Waals surface area contributed by atoms with Crippen molar-refractivity contribution in [3.63, 3.8) is 0 Å². The first-order chi connectivity index (χ1) is 11.6. The summed E-state index contributed by atoms with van der Waals surface area (Å²) in [6.07, 6.45) is 3.66. The van der Waals surface area contributed by atoms with Gasteiger partial charge in [0, 0.05) is 31.4 Å². The van der Waals surface area contributed by atoms with E-state index in [0.29, 0.717) is 13.1 Å². The molecule has 0 fully saturated rings. The summed E-state index contributed by atoms with van der Waals surface area (Å²) in [5, 5.41) is 10.3. The predicted octanol–water partition coefficient (Wildman–Crippen LogP) is 1.29. The lowest BCUT2D eigenvalue weighted by Gasteiger charge is -2.15. The summed E-state index contributed by atoms with van der Waals surface area (Å²) in [6.45, 7) is 1.09. The van der Waals surface area contributed by atoms with Gasteiger partial charge in [-0.15, -0.1) is 0 Å². The number of nitrogens with zero attached hydrogens (tertiary/aromatic N) is 4. The first kappa shape index (κ1) is 15.7. The summed E-state index contributed by atoms with van der Waals surface area (Å²) < 4.78 is 1.83. The van der Waals surface area contributed by atoms with Crippen LogP contribution in [-0.2, 0) is 13.1 Å². The number of benzene rings is 1. The molecule has 0 aliphatic carbocycles. The molecule has 0 bridgehead atoms. The van der Waals surface area contributed by atoms with Crippen LogP contribution in [0, 0.1) is 0 Å². The predicted molar refractivity (Wildman–Crippen MR) is 88.4 cm³/mol. The molecule has 0 aliphatic rings. The van der Waals surface area contributed by atoms with E-state index in [2.05, 4.69) is 15.3 Å². The van der Waals surface area contributed by atoms with E-state index in [0.717, 1.165) is 11.1 Å². The highest BCUT2D eigenvalue weighted by molar-refractivity contribution is 5.91. The highest BCUT2D eigenvalue weighted by Gasteiger charge is 2.14. The van der Waals surface area contributed by atoms with Crippen LogP contribution in [0.5, 0.6) is 0 Å². The molecule has 0 atom stereocenters. The van der Waals surface area contributed by atoms with E-state index < -0.39 is 0 Å². The minimum atomic E-state index is -0.337. The third kappa shape index (κ3) is 3.75. The van der Waals surface area contributed by atoms with Gasteiger partial charge in [-0.05, 0) is 11.6 Å². The van der Waals surface area contributed by atoms with E-state index in [1.165, 1.54) is 17.0 Å². The highest BCUT2D eigenvalue weighted by atomic mass is 16.2. The summed E-state index contributed by atoms with van der Waals surface area (Å²) in [6, 6.07) is 12.7. The molecule has 0 saturated carbocycles. The summed E-state index contributed by atoms with van der Waals surface area (Å²) >= 11 is 0. The molecule has 0 unspecified atom stereocenters. The van der Waals surface area contributed by atoms with E-state index in [-0.39, 0.29) is 17.2 Å². The van der Waals surface area contributed by atoms with Crippen LogP contribution >= 0.6 is 0 Å². The van der Waals surface area contributed by atoms with E-state index >= 15 is 0 Å². The third-order valence-corrected chi connectivity index (χ3v) is 3.54. The molecule has 7 nitrogen and oxygen atoms in total. The maximum absolute atomic E-state index is 12.3. The summed E-state index contributed by atoms with van der Waals surface area (Å²) in [5.41, 5.74) is 1.95. The van der Waals surface area contributed by atoms with Crippen molar-refractivity contribution in [2.75, 3.05) is 7.05 Å². The fourth-order valence-corrected chi connectivity index (χ4v) is 2.35. The SMILES string of the molecule is CN(Cc1cnn(Cc2ccccc2)c1)C(=O)c1ccc(=O)[nH]n1. The van der Waals surface area contributed by atoms with Gasteiger partial charge >= 0.3 is 0 Å². The van der Waals surface area contributed by atoms with Gasteiger partial charge < -0.3 is 4.90 Å². The normalized spacial score (nSPS) is 10.5. The molecule has 2 heterocycles. The lowest BCUT2D eigenvalue weighted by Crippen LogP contribution is -2.28. The number of rotatable bonds is 5. The molecule has 0 aliphatic heterocycles. The van der Waals surface area contributed by atoms with Gasteiger partial charge in [0.15, 0.2) is 0 Å². The van der Waals surface area contributed by atoms with E-state index in [1.54, 1.807) is 13.2 Å². The third-order valence-electron chi connectivity index (χ3n) is 3.54. The second-order valence-corrected chi connectivity index (χ2v) is 5.50. The number of H-pyrrole nitrogens is 1. The minimum absolute atomic E-state index is 0.203. The smallest absolute Gasteiger partial charge is 0.274 e. The molecular weight excluding hydrogens is 306 g/mol. The molecule has 24 heavy (non-hydrogen) atoms. The Morgan fingerprint density at radius 2 is 1.96 bits per heavy atom. The van der Waals surface area contributed by atoms with Gasteiger partial charge in [-0.1, -0.05) is 30.3 Å². The van der Waals surface area contributed by atoms with Crippen LogP contribution in [0.3, 0.4) is 0 Å². The molecule has 1 N–H and O–H groups in total. The Labute approximate surface area is 138 Å². The fourth-order valence-electron chi connectivity index (χ4n) is 2.35. The van der Waals surface area contributed by atoms with E-state index in [4.69, 9.17) is 0 Å². The molecule has 7 heteroatoms. The molecule has 3 aromatic rings. The van der Waals surface area contributed by atoms with Gasteiger partial charge in [0.2, 0.25) is 0 Å². The Morgan fingerprint density at radius 1 is 1.17 bits per heavy atom. The average molecular weight is 323 g/mol. The van der Waals surface area contributed by atoms with Gasteiger partial charge in [-0.25, -0.2) is 5.10 Å². The lowest BCUT2D eigenvalue weighted by atomic mass is 10.2. The van der Waals surface area contributed by atoms with E-state index in [1.807, 2.05) is 41.2 Å². The Kier molecular flexibility index (Phi) is 4.51. The number of hydrogen-bond acceptors (Lipinski definition) is 4. The molecule has 3 rings (SSSR count). The van der Waals surface area contributed by atoms with Crippen molar-refractivity contribution in [2.45, 2.75) is 13.1 Å². The van der Waals surface area contributed by atoms with Crippen LogP contribution in [0.4, 0.5) is 0 Å². The van der Waals surface area contributed by atoms with Crippen molar-refractivity contribution in [1.82, 2.24) is 24.9 Å². The fraction of sp³-hybridized carbons (Fsp3) is 0.176. The number of aromatic nitrogens is 4. The number of carbonyl (C=O) groups excluding carboxylic acids is 1. The van der Waals surface area contributed by atoms with Crippen LogP contribution in [-0.4, -0.2) is 37.8 Å². The van der Waals surface area contributed by atoms with Crippen molar-refractivity contribution in [1.29, 1.82) is 0 Å². The zero-order valence-corrected chi connectivity index (χ0v) is 13.2. The molecule has 0 radical (unpaired) electrons. The van der Waals surface area contributed by atoms with Crippen molar-refractivity contribution < 1.29 is 4.79 Å². The Bertz CT molecular complexity index is 865. The summed E-state index contributed by atoms with van der Waals surface area (Å²) in [5.74, 6) is -0.262. The van der Waals surface area contributed by atoms with Gasteiger partial charge in [0.25, 0.3) is 11.5 Å². The second-order valence-electron chi connectivity index (χ2n) is 5.50. The van der Waals surface area contributed by atoms with Gasteiger partial charge in [0.1, 0.15) is 5.69 Å².